The zero-order valence-corrected chi connectivity index (χ0v) is 13.5. The van der Waals surface area contributed by atoms with E-state index in [2.05, 4.69) is 16.1 Å². The van der Waals surface area contributed by atoms with Crippen LogP contribution in [-0.2, 0) is 16.6 Å². The number of nitriles is 1. The van der Waals surface area contributed by atoms with E-state index in [-0.39, 0.29) is 0 Å². The van der Waals surface area contributed by atoms with Crippen molar-refractivity contribution >= 4 is 10.0 Å². The van der Waals surface area contributed by atoms with Crippen molar-refractivity contribution in [2.24, 2.45) is 0 Å². The third kappa shape index (κ3) is 6.12. The monoisotopic (exact) mass is 311 g/mol. The van der Waals surface area contributed by atoms with Gasteiger partial charge in [-0.2, -0.15) is 5.26 Å². The second-order valence-corrected chi connectivity index (χ2v) is 7.26. The lowest BCUT2D eigenvalue weighted by Crippen LogP contribution is -2.49. The van der Waals surface area contributed by atoms with Crippen LogP contribution in [0.25, 0.3) is 0 Å². The van der Waals surface area contributed by atoms with Crippen LogP contribution in [0.4, 0.5) is 0 Å². The largest absolute Gasteiger partial charge is 0.495 e. The summed E-state index contributed by atoms with van der Waals surface area (Å²) in [5.74, 6) is 0.533. The van der Waals surface area contributed by atoms with Gasteiger partial charge in [0.25, 0.3) is 0 Å². The predicted molar refractivity (Wildman–Crippen MR) is 81.5 cm³/mol. The molecule has 116 valence electrons. The minimum absolute atomic E-state index is 0.475. The van der Waals surface area contributed by atoms with Gasteiger partial charge < -0.3 is 10.1 Å². The van der Waals surface area contributed by atoms with Gasteiger partial charge in [0.2, 0.25) is 10.0 Å². The summed E-state index contributed by atoms with van der Waals surface area (Å²) in [5, 5.41) is 12.1. The van der Waals surface area contributed by atoms with Crippen molar-refractivity contribution in [2.75, 3.05) is 19.9 Å². The van der Waals surface area contributed by atoms with Crippen molar-refractivity contribution in [3.63, 3.8) is 0 Å². The normalized spacial score (nSPS) is 12.0. The lowest BCUT2D eigenvalue weighted by molar-refractivity contribution is 0.410. The summed E-state index contributed by atoms with van der Waals surface area (Å²) in [5.41, 5.74) is 0.867. The van der Waals surface area contributed by atoms with Gasteiger partial charge in [0.05, 0.1) is 18.9 Å². The van der Waals surface area contributed by atoms with Crippen molar-refractivity contribution in [1.29, 1.82) is 5.26 Å². The van der Waals surface area contributed by atoms with Crippen LogP contribution in [0.3, 0.4) is 0 Å². The molecule has 7 heteroatoms. The fourth-order valence-electron chi connectivity index (χ4n) is 2.00. The first kappa shape index (κ1) is 17.4. The van der Waals surface area contributed by atoms with Crippen LogP contribution in [0.1, 0.15) is 25.0 Å². The van der Waals surface area contributed by atoms with Gasteiger partial charge in [-0.05, 0) is 31.5 Å². The number of ether oxygens (including phenoxy) is 1. The molecule has 1 rings (SSSR count). The number of hydrogen-bond donors (Lipinski definition) is 2. The third-order valence-electron chi connectivity index (χ3n) is 2.74. The Hall–Kier alpha value is -1.62. The highest BCUT2D eigenvalue weighted by atomic mass is 32.2. The highest BCUT2D eigenvalue weighted by molar-refractivity contribution is 7.88. The second-order valence-electron chi connectivity index (χ2n) is 5.51. The molecule has 1 aromatic carbocycles. The summed E-state index contributed by atoms with van der Waals surface area (Å²) in [6.45, 7) is 4.64. The Labute approximate surface area is 126 Å². The van der Waals surface area contributed by atoms with Crippen LogP contribution in [0.2, 0.25) is 0 Å². The van der Waals surface area contributed by atoms with Gasteiger partial charge >= 0.3 is 0 Å². The molecule has 0 aliphatic heterocycles. The summed E-state index contributed by atoms with van der Waals surface area (Å²) in [6, 6.07) is 7.39. The van der Waals surface area contributed by atoms with Crippen LogP contribution < -0.4 is 14.8 Å². The first-order valence-electron chi connectivity index (χ1n) is 6.43. The summed E-state index contributed by atoms with van der Waals surface area (Å²) in [6.07, 6.45) is 1.14. The smallest absolute Gasteiger partial charge is 0.209 e. The molecule has 6 nitrogen and oxygen atoms in total. The molecule has 21 heavy (non-hydrogen) atoms. The number of nitrogens with one attached hydrogen (secondary N) is 2. The molecule has 0 aromatic heterocycles. The zero-order valence-electron chi connectivity index (χ0n) is 12.7. The van der Waals surface area contributed by atoms with Crippen molar-refractivity contribution in [3.05, 3.63) is 29.3 Å². The minimum Gasteiger partial charge on any atom is -0.495 e. The van der Waals surface area contributed by atoms with Gasteiger partial charge in [0.1, 0.15) is 11.8 Å². The van der Waals surface area contributed by atoms with E-state index in [1.165, 1.54) is 7.11 Å². The fraction of sp³-hybridized carbons (Fsp3) is 0.500. The molecular formula is C14H21N3O3S. The van der Waals surface area contributed by atoms with E-state index in [0.717, 1.165) is 11.8 Å². The second kappa shape index (κ2) is 6.89. The summed E-state index contributed by atoms with van der Waals surface area (Å²) >= 11 is 0. The molecule has 0 bridgehead atoms. The number of methoxy groups -OCH3 is 1. The van der Waals surface area contributed by atoms with Gasteiger partial charge in [-0.25, -0.2) is 13.1 Å². The van der Waals surface area contributed by atoms with Crippen molar-refractivity contribution < 1.29 is 13.2 Å². The summed E-state index contributed by atoms with van der Waals surface area (Å²) in [4.78, 5) is 0. The highest BCUT2D eigenvalue weighted by Gasteiger charge is 2.21. The third-order valence-corrected chi connectivity index (χ3v) is 3.67. The molecular weight excluding hydrogens is 290 g/mol. The molecule has 0 unspecified atom stereocenters. The quantitative estimate of drug-likeness (QED) is 0.783. The van der Waals surface area contributed by atoms with Crippen LogP contribution >= 0.6 is 0 Å². The molecule has 0 aliphatic rings. The lowest BCUT2D eigenvalue weighted by atomic mass is 10.1. The van der Waals surface area contributed by atoms with Gasteiger partial charge in [-0.15, -0.1) is 0 Å². The molecule has 1 aromatic rings. The molecule has 0 heterocycles. The Morgan fingerprint density at radius 3 is 2.57 bits per heavy atom. The first-order chi connectivity index (χ1) is 9.67. The number of sulfonamides is 1. The molecule has 0 amide bonds. The Morgan fingerprint density at radius 2 is 2.05 bits per heavy atom. The Morgan fingerprint density at radius 1 is 1.38 bits per heavy atom. The number of benzene rings is 1. The Bertz CT molecular complexity index is 633. The van der Waals surface area contributed by atoms with Crippen LogP contribution in [0.15, 0.2) is 18.2 Å². The van der Waals surface area contributed by atoms with Gasteiger partial charge in [0, 0.05) is 18.6 Å². The number of rotatable bonds is 7. The molecule has 0 aliphatic carbocycles. The highest BCUT2D eigenvalue weighted by Crippen LogP contribution is 2.19. The van der Waals surface area contributed by atoms with Crippen molar-refractivity contribution in [3.8, 4) is 11.8 Å². The van der Waals surface area contributed by atoms with Gasteiger partial charge in [0.15, 0.2) is 0 Å². The van der Waals surface area contributed by atoms with E-state index >= 15 is 0 Å². The van der Waals surface area contributed by atoms with E-state index in [9.17, 15) is 8.42 Å². The molecule has 0 saturated heterocycles. The molecule has 0 radical (unpaired) electrons. The topological polar surface area (TPSA) is 91.2 Å². The van der Waals surface area contributed by atoms with E-state index in [1.807, 2.05) is 6.07 Å². The van der Waals surface area contributed by atoms with E-state index < -0.39 is 15.6 Å². The lowest BCUT2D eigenvalue weighted by Gasteiger charge is -2.25. The zero-order chi connectivity index (χ0) is 16.1. The number of nitrogens with zero attached hydrogens (tertiary/aromatic N) is 1. The number of hydrogen-bond acceptors (Lipinski definition) is 5. The molecule has 0 saturated carbocycles. The maximum atomic E-state index is 11.2. The first-order valence-corrected chi connectivity index (χ1v) is 8.33. The van der Waals surface area contributed by atoms with Crippen LogP contribution in [0.5, 0.6) is 5.75 Å². The Balaban J connectivity index is 2.63. The predicted octanol–water partition coefficient (Wildman–Crippen LogP) is 0.984. The molecule has 0 atom stereocenters. The Kier molecular flexibility index (Phi) is 5.72. The van der Waals surface area contributed by atoms with Crippen molar-refractivity contribution in [2.45, 2.75) is 25.9 Å². The molecule has 0 fully saturated rings. The average molecular weight is 311 g/mol. The average Bonchev–Trinajstić information content (AvgIpc) is 2.35. The van der Waals surface area contributed by atoms with Crippen LogP contribution in [0, 0.1) is 11.3 Å². The van der Waals surface area contributed by atoms with E-state index in [4.69, 9.17) is 10.00 Å². The maximum Gasteiger partial charge on any atom is 0.209 e. The van der Waals surface area contributed by atoms with E-state index in [0.29, 0.717) is 24.4 Å². The fourth-order valence-corrected chi connectivity index (χ4v) is 3.07. The summed E-state index contributed by atoms with van der Waals surface area (Å²) in [7, 11) is -1.72. The van der Waals surface area contributed by atoms with E-state index in [1.54, 1.807) is 26.0 Å². The SMILES string of the molecule is COc1cc(CNCC(C)(C)NS(C)(=O)=O)ccc1C#N. The van der Waals surface area contributed by atoms with Gasteiger partial charge in [-0.3, -0.25) is 0 Å². The maximum absolute atomic E-state index is 11.2. The van der Waals surface area contributed by atoms with Crippen molar-refractivity contribution in [1.82, 2.24) is 10.0 Å². The standard InChI is InChI=1S/C14H21N3O3S/c1-14(2,17-21(4,18)19)10-16-9-11-5-6-12(8-15)13(7-11)20-3/h5-7,16-17H,9-10H2,1-4H3. The molecule has 0 spiro atoms. The molecule has 2 N–H and O–H groups in total. The minimum atomic E-state index is -3.24. The van der Waals surface area contributed by atoms with Crippen LogP contribution in [-0.4, -0.2) is 33.9 Å². The summed E-state index contributed by atoms with van der Waals surface area (Å²) < 4.78 is 30.2. The van der Waals surface area contributed by atoms with Gasteiger partial charge in [-0.1, -0.05) is 6.07 Å².